The Morgan fingerprint density at radius 1 is 1.25 bits per heavy atom. The van der Waals surface area contributed by atoms with E-state index in [1.54, 1.807) is 24.3 Å². The molecule has 6 heteroatoms. The fourth-order valence-electron chi connectivity index (χ4n) is 1.87. The molecule has 20 heavy (non-hydrogen) atoms. The topological polar surface area (TPSA) is 59.6 Å². The second-order valence-corrected chi connectivity index (χ2v) is 4.74. The van der Waals surface area contributed by atoms with Crippen LogP contribution in [0.2, 0.25) is 5.02 Å². The van der Waals surface area contributed by atoms with E-state index in [9.17, 15) is 4.39 Å². The van der Waals surface area contributed by atoms with Crippen LogP contribution in [-0.4, -0.2) is 12.4 Å². The van der Waals surface area contributed by atoms with Crippen molar-refractivity contribution >= 4 is 34.5 Å². The van der Waals surface area contributed by atoms with Crippen LogP contribution in [0.1, 0.15) is 0 Å². The van der Waals surface area contributed by atoms with E-state index in [2.05, 4.69) is 10.3 Å². The third-order valence-electron chi connectivity index (χ3n) is 2.81. The molecule has 1 aliphatic rings. The maximum Gasteiger partial charge on any atom is 0.146 e. The summed E-state index contributed by atoms with van der Waals surface area (Å²) in [5, 5.41) is 3.10. The first kappa shape index (κ1) is 12.7. The van der Waals surface area contributed by atoms with Gasteiger partial charge in [-0.05, 0) is 36.4 Å². The lowest BCUT2D eigenvalue weighted by atomic mass is 10.2. The SMILES string of the molecule is Nc1ccc2c(c1)N=C(Nc1ccc(F)c(Cl)c1)CO2. The van der Waals surface area contributed by atoms with Crippen molar-refractivity contribution in [3.05, 3.63) is 47.2 Å². The van der Waals surface area contributed by atoms with Gasteiger partial charge < -0.3 is 15.8 Å². The highest BCUT2D eigenvalue weighted by Gasteiger charge is 2.13. The molecule has 3 N–H and O–H groups in total. The molecule has 0 aliphatic carbocycles. The Hall–Kier alpha value is -2.27. The van der Waals surface area contributed by atoms with Crippen molar-refractivity contribution in [1.82, 2.24) is 0 Å². The molecule has 2 aromatic carbocycles. The van der Waals surface area contributed by atoms with Gasteiger partial charge in [0.25, 0.3) is 0 Å². The summed E-state index contributed by atoms with van der Waals surface area (Å²) in [7, 11) is 0. The minimum atomic E-state index is -0.461. The number of anilines is 2. The van der Waals surface area contributed by atoms with Crippen LogP contribution in [-0.2, 0) is 0 Å². The van der Waals surface area contributed by atoms with Crippen LogP contribution in [0.5, 0.6) is 5.75 Å². The molecule has 0 saturated heterocycles. The van der Waals surface area contributed by atoms with Crippen LogP contribution in [0.15, 0.2) is 41.4 Å². The maximum atomic E-state index is 13.1. The Kier molecular flexibility index (Phi) is 3.20. The van der Waals surface area contributed by atoms with Crippen molar-refractivity contribution < 1.29 is 9.13 Å². The van der Waals surface area contributed by atoms with Crippen LogP contribution in [0.3, 0.4) is 0 Å². The number of ether oxygens (including phenoxy) is 1. The molecule has 1 heterocycles. The Morgan fingerprint density at radius 2 is 2.10 bits per heavy atom. The molecule has 102 valence electrons. The fraction of sp³-hybridized carbons (Fsp3) is 0.0714. The summed E-state index contributed by atoms with van der Waals surface area (Å²) in [5.74, 6) is 0.824. The minimum Gasteiger partial charge on any atom is -0.483 e. The van der Waals surface area contributed by atoms with E-state index >= 15 is 0 Å². The zero-order valence-electron chi connectivity index (χ0n) is 10.4. The monoisotopic (exact) mass is 291 g/mol. The van der Waals surface area contributed by atoms with E-state index in [1.807, 2.05) is 0 Å². The van der Waals surface area contributed by atoms with E-state index in [-0.39, 0.29) is 5.02 Å². The Labute approximate surface area is 120 Å². The van der Waals surface area contributed by atoms with Gasteiger partial charge >= 0.3 is 0 Å². The lowest BCUT2D eigenvalue weighted by Gasteiger charge is -2.18. The van der Waals surface area contributed by atoms with E-state index in [4.69, 9.17) is 22.1 Å². The van der Waals surface area contributed by atoms with Crippen LogP contribution < -0.4 is 15.8 Å². The largest absolute Gasteiger partial charge is 0.483 e. The van der Waals surface area contributed by atoms with Crippen molar-refractivity contribution in [2.45, 2.75) is 0 Å². The molecule has 0 unspecified atom stereocenters. The number of nitrogens with two attached hydrogens (primary N) is 1. The number of benzene rings is 2. The van der Waals surface area contributed by atoms with Crippen LogP contribution in [0, 0.1) is 5.82 Å². The number of aliphatic imine (C=N–C) groups is 1. The van der Waals surface area contributed by atoms with Crippen molar-refractivity contribution in [1.29, 1.82) is 0 Å². The molecule has 4 nitrogen and oxygen atoms in total. The predicted molar refractivity (Wildman–Crippen MR) is 78.5 cm³/mol. The maximum absolute atomic E-state index is 13.1. The third kappa shape index (κ3) is 2.53. The summed E-state index contributed by atoms with van der Waals surface area (Å²) in [4.78, 5) is 4.42. The number of amidine groups is 1. The molecule has 0 bridgehead atoms. The molecule has 0 fully saturated rings. The van der Waals surface area contributed by atoms with Crippen molar-refractivity contribution in [2.75, 3.05) is 17.7 Å². The molecule has 0 amide bonds. The summed E-state index contributed by atoms with van der Waals surface area (Å²) in [6, 6.07) is 9.63. The Balaban J connectivity index is 1.86. The van der Waals surface area contributed by atoms with Gasteiger partial charge in [0.2, 0.25) is 0 Å². The predicted octanol–water partition coefficient (Wildman–Crippen LogP) is 3.60. The Bertz CT molecular complexity index is 703. The van der Waals surface area contributed by atoms with Crippen LogP contribution in [0.25, 0.3) is 0 Å². The molecule has 2 aromatic rings. The normalized spacial score (nSPS) is 13.2. The van der Waals surface area contributed by atoms with E-state index in [1.165, 1.54) is 12.1 Å². The summed E-state index contributed by atoms with van der Waals surface area (Å²) < 4.78 is 18.7. The highest BCUT2D eigenvalue weighted by Crippen LogP contribution is 2.32. The van der Waals surface area contributed by atoms with Gasteiger partial charge in [-0.2, -0.15) is 0 Å². The number of halogens is 2. The average molecular weight is 292 g/mol. The summed E-state index contributed by atoms with van der Waals surface area (Å²) >= 11 is 5.73. The van der Waals surface area contributed by atoms with Crippen LogP contribution in [0.4, 0.5) is 21.5 Å². The Morgan fingerprint density at radius 3 is 2.90 bits per heavy atom. The van der Waals surface area contributed by atoms with Crippen LogP contribution >= 0.6 is 11.6 Å². The summed E-state index contributed by atoms with van der Waals surface area (Å²) in [6.45, 7) is 0.298. The highest BCUT2D eigenvalue weighted by atomic mass is 35.5. The average Bonchev–Trinajstić information content (AvgIpc) is 2.42. The standard InChI is InChI=1S/C14H11ClFN3O/c15-10-6-9(2-3-11(10)16)18-14-7-20-13-4-1-8(17)5-12(13)19-14/h1-6H,7,17H2,(H,18,19). The van der Waals surface area contributed by atoms with E-state index in [0.29, 0.717) is 35.3 Å². The molecule has 0 radical (unpaired) electrons. The number of fused-ring (bicyclic) bond motifs is 1. The number of hydrogen-bond donors (Lipinski definition) is 2. The molecule has 0 spiro atoms. The second kappa shape index (κ2) is 5.02. The van der Waals surface area contributed by atoms with Gasteiger partial charge in [0.1, 0.15) is 29.7 Å². The van der Waals surface area contributed by atoms with Gasteiger partial charge in [-0.3, -0.25) is 0 Å². The van der Waals surface area contributed by atoms with Crippen molar-refractivity contribution in [2.24, 2.45) is 4.99 Å². The number of nitrogen functional groups attached to an aromatic ring is 1. The van der Waals surface area contributed by atoms with Gasteiger partial charge in [0.05, 0.1) is 5.02 Å². The lowest BCUT2D eigenvalue weighted by Crippen LogP contribution is -2.23. The quantitative estimate of drug-likeness (QED) is 0.789. The first-order valence-corrected chi connectivity index (χ1v) is 6.31. The highest BCUT2D eigenvalue weighted by molar-refractivity contribution is 6.31. The lowest BCUT2D eigenvalue weighted by molar-refractivity contribution is 0.372. The molecule has 3 rings (SSSR count). The third-order valence-corrected chi connectivity index (χ3v) is 3.10. The van der Waals surface area contributed by atoms with Gasteiger partial charge in [0.15, 0.2) is 0 Å². The van der Waals surface area contributed by atoms with Gasteiger partial charge in [-0.1, -0.05) is 11.6 Å². The summed E-state index contributed by atoms with van der Waals surface area (Å²) in [5.41, 5.74) is 7.63. The van der Waals surface area contributed by atoms with E-state index < -0.39 is 5.82 Å². The number of nitrogens with one attached hydrogen (secondary N) is 1. The summed E-state index contributed by atoms with van der Waals surface area (Å²) in [6.07, 6.45) is 0. The minimum absolute atomic E-state index is 0.0528. The number of nitrogens with zero attached hydrogens (tertiary/aromatic N) is 1. The van der Waals surface area contributed by atoms with E-state index in [0.717, 1.165) is 0 Å². The molecular formula is C14H11ClFN3O. The van der Waals surface area contributed by atoms with Gasteiger partial charge in [-0.25, -0.2) is 9.38 Å². The zero-order chi connectivity index (χ0) is 14.1. The first-order chi connectivity index (χ1) is 9.61. The van der Waals surface area contributed by atoms with Crippen molar-refractivity contribution in [3.63, 3.8) is 0 Å². The van der Waals surface area contributed by atoms with Crippen molar-refractivity contribution in [3.8, 4) is 5.75 Å². The molecular weight excluding hydrogens is 281 g/mol. The number of hydrogen-bond acceptors (Lipinski definition) is 4. The second-order valence-electron chi connectivity index (χ2n) is 4.33. The molecule has 0 saturated carbocycles. The molecule has 0 atom stereocenters. The number of rotatable bonds is 1. The van der Waals surface area contributed by atoms with Gasteiger partial charge in [-0.15, -0.1) is 0 Å². The molecule has 1 aliphatic heterocycles. The molecule has 0 aromatic heterocycles. The fourth-order valence-corrected chi connectivity index (χ4v) is 2.05. The first-order valence-electron chi connectivity index (χ1n) is 5.94. The zero-order valence-corrected chi connectivity index (χ0v) is 11.1. The van der Waals surface area contributed by atoms with Gasteiger partial charge in [0, 0.05) is 11.4 Å². The smallest absolute Gasteiger partial charge is 0.146 e.